The molecule has 3 aromatic heterocycles. The van der Waals surface area contributed by atoms with Gasteiger partial charge in [0.05, 0.1) is 0 Å². The lowest BCUT2D eigenvalue weighted by atomic mass is 10.0. The van der Waals surface area contributed by atoms with Crippen LogP contribution in [-0.2, 0) is 16.6 Å². The van der Waals surface area contributed by atoms with Crippen molar-refractivity contribution in [3.05, 3.63) is 112 Å². The minimum absolute atomic E-state index is 0.0675. The number of aromatic nitrogens is 3. The first-order valence-electron chi connectivity index (χ1n) is 11.2. The van der Waals surface area contributed by atoms with Crippen LogP contribution in [0.4, 0.5) is 10.2 Å². The lowest BCUT2D eigenvalue weighted by Gasteiger charge is -2.14. The van der Waals surface area contributed by atoms with E-state index in [9.17, 15) is 22.4 Å². The van der Waals surface area contributed by atoms with E-state index in [2.05, 4.69) is 9.97 Å². The number of carbonyl (C=O) groups excluding carboxylic acids is 1. The number of anilines is 1. The van der Waals surface area contributed by atoms with Gasteiger partial charge in [0, 0.05) is 46.0 Å². The average molecular weight is 552 g/mol. The number of H-pyrrole nitrogens is 1. The molecule has 0 saturated heterocycles. The highest BCUT2D eigenvalue weighted by molar-refractivity contribution is 7.90. The molecule has 0 saturated carbocycles. The van der Waals surface area contributed by atoms with Crippen LogP contribution < -0.4 is 16.0 Å². The van der Waals surface area contributed by atoms with E-state index in [1.54, 1.807) is 41.0 Å². The maximum Gasteiger partial charge on any atom is 0.282 e. The van der Waals surface area contributed by atoms with Crippen LogP contribution in [0.5, 0.6) is 0 Å². The monoisotopic (exact) mass is 551 g/mol. The number of nitrogens with two attached hydrogens (primary N) is 1. The Morgan fingerprint density at radius 2 is 1.89 bits per heavy atom. The van der Waals surface area contributed by atoms with E-state index >= 15 is 0 Å². The summed E-state index contributed by atoms with van der Waals surface area (Å²) in [5.41, 5.74) is 6.62. The molecular formula is C26H19ClFN5O4S. The average Bonchev–Trinajstić information content (AvgIpc) is 3.17. The summed E-state index contributed by atoms with van der Waals surface area (Å²) in [4.78, 5) is 32.5. The first-order chi connectivity index (χ1) is 18.2. The van der Waals surface area contributed by atoms with Crippen LogP contribution in [0.1, 0.15) is 16.1 Å². The molecule has 0 bridgehead atoms. The largest absolute Gasteiger partial charge is 0.384 e. The van der Waals surface area contributed by atoms with Gasteiger partial charge in [-0.1, -0.05) is 23.7 Å². The van der Waals surface area contributed by atoms with Gasteiger partial charge < -0.3 is 15.3 Å². The number of rotatable bonds is 6. The van der Waals surface area contributed by atoms with Crippen molar-refractivity contribution in [1.82, 2.24) is 19.3 Å². The second-order valence-electron chi connectivity index (χ2n) is 8.34. The highest BCUT2D eigenvalue weighted by Crippen LogP contribution is 2.36. The van der Waals surface area contributed by atoms with Gasteiger partial charge in [-0.2, -0.15) is 0 Å². The van der Waals surface area contributed by atoms with Crippen molar-refractivity contribution in [1.29, 1.82) is 0 Å². The number of pyridine rings is 2. The molecule has 0 aliphatic rings. The van der Waals surface area contributed by atoms with Gasteiger partial charge in [0.25, 0.3) is 21.5 Å². The number of nitrogens with zero attached hydrogens (tertiary/aromatic N) is 2. The van der Waals surface area contributed by atoms with Crippen LogP contribution in [0.3, 0.4) is 0 Å². The van der Waals surface area contributed by atoms with E-state index in [0.29, 0.717) is 21.5 Å². The third-order valence-corrected chi connectivity index (χ3v) is 7.47. The van der Waals surface area contributed by atoms with Crippen LogP contribution in [0, 0.1) is 5.82 Å². The minimum atomic E-state index is -4.62. The second kappa shape index (κ2) is 9.77. The van der Waals surface area contributed by atoms with Gasteiger partial charge in [-0.05, 0) is 60.2 Å². The summed E-state index contributed by atoms with van der Waals surface area (Å²) in [6, 6.07) is 15.9. The van der Waals surface area contributed by atoms with Crippen molar-refractivity contribution in [2.24, 2.45) is 0 Å². The first-order valence-corrected chi connectivity index (χ1v) is 13.0. The van der Waals surface area contributed by atoms with Crippen molar-refractivity contribution in [3.63, 3.8) is 0 Å². The minimum Gasteiger partial charge on any atom is -0.384 e. The fourth-order valence-corrected chi connectivity index (χ4v) is 5.49. The molecule has 5 rings (SSSR count). The second-order valence-corrected chi connectivity index (χ2v) is 10.4. The van der Waals surface area contributed by atoms with E-state index < -0.39 is 32.2 Å². The van der Waals surface area contributed by atoms with Gasteiger partial charge >= 0.3 is 0 Å². The van der Waals surface area contributed by atoms with E-state index in [0.717, 1.165) is 12.1 Å². The Bertz CT molecular complexity index is 1880. The maximum atomic E-state index is 14.3. The van der Waals surface area contributed by atoms with Gasteiger partial charge in [0.15, 0.2) is 0 Å². The smallest absolute Gasteiger partial charge is 0.282 e. The molecule has 0 radical (unpaired) electrons. The quantitative estimate of drug-likeness (QED) is 0.292. The van der Waals surface area contributed by atoms with Gasteiger partial charge in [-0.15, -0.1) is 0 Å². The van der Waals surface area contributed by atoms with E-state index in [-0.39, 0.29) is 29.2 Å². The molecule has 0 spiro atoms. The van der Waals surface area contributed by atoms with Crippen molar-refractivity contribution in [2.45, 2.75) is 11.4 Å². The summed E-state index contributed by atoms with van der Waals surface area (Å²) < 4.78 is 43.9. The molecule has 0 unspecified atom stereocenters. The Morgan fingerprint density at radius 1 is 1.11 bits per heavy atom. The van der Waals surface area contributed by atoms with Crippen molar-refractivity contribution in [2.75, 3.05) is 5.73 Å². The summed E-state index contributed by atoms with van der Waals surface area (Å²) in [6.07, 6.45) is 2.93. The van der Waals surface area contributed by atoms with E-state index in [1.165, 1.54) is 30.6 Å². The zero-order chi connectivity index (χ0) is 27.0. The Hall–Kier alpha value is -4.48. The maximum absolute atomic E-state index is 14.3. The van der Waals surface area contributed by atoms with Crippen LogP contribution >= 0.6 is 11.6 Å². The molecule has 12 heteroatoms. The molecule has 5 aromatic rings. The predicted octanol–water partition coefficient (Wildman–Crippen LogP) is 3.93. The topological polar surface area (TPSA) is 140 Å². The lowest BCUT2D eigenvalue weighted by molar-refractivity contribution is 0.0974. The highest BCUT2D eigenvalue weighted by Gasteiger charge is 2.30. The van der Waals surface area contributed by atoms with Crippen molar-refractivity contribution in [3.8, 4) is 11.1 Å². The van der Waals surface area contributed by atoms with Gasteiger partial charge in [-0.3, -0.25) is 9.59 Å². The number of hydrogen-bond acceptors (Lipinski definition) is 6. The van der Waals surface area contributed by atoms with Crippen molar-refractivity contribution < 1.29 is 17.6 Å². The van der Waals surface area contributed by atoms with Crippen LogP contribution in [0.15, 0.2) is 88.8 Å². The molecule has 9 nitrogen and oxygen atoms in total. The standard InChI is InChI=1S/C26H19ClFN5O4S/c27-16-7-8-20-18(13-16)23(17-4-3-10-31-25(17)34)24(33(20)14-15-9-11-30-22(29)12-15)26(35)32-38(36,37)21-6-2-1-5-19(21)28/h1-13H,14H2,(H2,29,30)(H,31,34)(H,32,35). The Labute approximate surface area is 220 Å². The number of hydrogen-bond donors (Lipinski definition) is 3. The van der Waals surface area contributed by atoms with Crippen LogP contribution in [0.2, 0.25) is 5.02 Å². The molecule has 0 fully saturated rings. The number of fused-ring (bicyclic) bond motifs is 1. The highest BCUT2D eigenvalue weighted by atomic mass is 35.5. The summed E-state index contributed by atoms with van der Waals surface area (Å²) in [7, 11) is -4.62. The zero-order valence-corrected chi connectivity index (χ0v) is 21.1. The van der Waals surface area contributed by atoms with E-state index in [1.807, 2.05) is 4.72 Å². The molecule has 1 amide bonds. The Kier molecular flexibility index (Phi) is 6.47. The molecule has 0 atom stereocenters. The summed E-state index contributed by atoms with van der Waals surface area (Å²) in [5, 5.41) is 0.770. The molecular weight excluding hydrogens is 533 g/mol. The first kappa shape index (κ1) is 25.2. The fraction of sp³-hybridized carbons (Fsp3) is 0.0385. The fourth-order valence-electron chi connectivity index (χ4n) is 4.28. The van der Waals surface area contributed by atoms with Gasteiger partial charge in [-0.25, -0.2) is 22.5 Å². The van der Waals surface area contributed by atoms with Crippen LogP contribution in [-0.4, -0.2) is 28.9 Å². The molecule has 3 heterocycles. The normalized spacial score (nSPS) is 11.5. The van der Waals surface area contributed by atoms with E-state index in [4.69, 9.17) is 17.3 Å². The Morgan fingerprint density at radius 3 is 2.63 bits per heavy atom. The molecule has 2 aromatic carbocycles. The lowest BCUT2D eigenvalue weighted by Crippen LogP contribution is -2.33. The number of halogens is 2. The third kappa shape index (κ3) is 4.64. The summed E-state index contributed by atoms with van der Waals surface area (Å²) in [5.74, 6) is -1.84. The predicted molar refractivity (Wildman–Crippen MR) is 142 cm³/mol. The molecule has 38 heavy (non-hydrogen) atoms. The third-order valence-electron chi connectivity index (χ3n) is 5.87. The number of amides is 1. The van der Waals surface area contributed by atoms with Crippen LogP contribution in [0.25, 0.3) is 22.0 Å². The SMILES string of the molecule is Nc1cc(Cn2c(C(=O)NS(=O)(=O)c3ccccc3F)c(-c3ccc[nH]c3=O)c3cc(Cl)ccc32)ccn1. The summed E-state index contributed by atoms with van der Waals surface area (Å²) >= 11 is 6.29. The van der Waals surface area contributed by atoms with Crippen molar-refractivity contribution >= 4 is 44.3 Å². The van der Waals surface area contributed by atoms with Gasteiger partial charge in [0.1, 0.15) is 22.2 Å². The number of aromatic amines is 1. The number of carbonyl (C=O) groups is 1. The zero-order valence-electron chi connectivity index (χ0n) is 19.5. The molecule has 0 aliphatic heterocycles. The molecule has 0 aliphatic carbocycles. The molecule has 192 valence electrons. The number of benzene rings is 2. The number of nitrogen functional groups attached to an aromatic ring is 1. The Balaban J connectivity index is 1.78. The number of sulfonamides is 1. The molecule has 4 N–H and O–H groups in total. The number of nitrogens with one attached hydrogen (secondary N) is 2. The summed E-state index contributed by atoms with van der Waals surface area (Å²) in [6.45, 7) is 0.0675. The van der Waals surface area contributed by atoms with Gasteiger partial charge in [0.2, 0.25) is 0 Å².